The molecule has 0 aliphatic carbocycles. The molecular formula is C15H25N7O. The van der Waals surface area contributed by atoms with Crippen molar-refractivity contribution in [3.63, 3.8) is 0 Å². The molecule has 0 aromatic carbocycles. The van der Waals surface area contributed by atoms with Gasteiger partial charge in [-0.2, -0.15) is 5.10 Å². The van der Waals surface area contributed by atoms with E-state index >= 15 is 0 Å². The van der Waals surface area contributed by atoms with Crippen molar-refractivity contribution in [2.24, 2.45) is 7.05 Å². The van der Waals surface area contributed by atoms with E-state index in [0.717, 1.165) is 49.2 Å². The van der Waals surface area contributed by atoms with Gasteiger partial charge in [-0.15, -0.1) is 10.2 Å². The molecule has 1 fully saturated rings. The van der Waals surface area contributed by atoms with Crippen LogP contribution in [0, 0.1) is 0 Å². The van der Waals surface area contributed by atoms with Crippen LogP contribution in [-0.4, -0.2) is 48.5 Å². The summed E-state index contributed by atoms with van der Waals surface area (Å²) in [6, 6.07) is 0.229. The Labute approximate surface area is 136 Å². The van der Waals surface area contributed by atoms with E-state index in [1.165, 1.54) is 12.8 Å². The van der Waals surface area contributed by atoms with Crippen LogP contribution in [0.2, 0.25) is 0 Å². The molecule has 0 saturated carbocycles. The van der Waals surface area contributed by atoms with Gasteiger partial charge in [-0.1, -0.05) is 13.3 Å². The van der Waals surface area contributed by atoms with Gasteiger partial charge in [0.15, 0.2) is 11.6 Å². The van der Waals surface area contributed by atoms with Crippen LogP contribution in [0.15, 0.2) is 0 Å². The van der Waals surface area contributed by atoms with Crippen molar-refractivity contribution < 1.29 is 4.74 Å². The third-order valence-electron chi connectivity index (χ3n) is 4.46. The van der Waals surface area contributed by atoms with E-state index in [1.54, 1.807) is 7.11 Å². The van der Waals surface area contributed by atoms with Crippen LogP contribution in [0.1, 0.15) is 55.5 Å². The van der Waals surface area contributed by atoms with Crippen molar-refractivity contribution in [3.8, 4) is 0 Å². The smallest absolute Gasteiger partial charge is 0.167 e. The van der Waals surface area contributed by atoms with E-state index in [4.69, 9.17) is 4.74 Å². The van der Waals surface area contributed by atoms with E-state index < -0.39 is 0 Å². The Bertz CT molecular complexity index is 636. The van der Waals surface area contributed by atoms with Gasteiger partial charge in [0.1, 0.15) is 18.3 Å². The third-order valence-corrected chi connectivity index (χ3v) is 4.46. The first-order chi connectivity index (χ1) is 11.2. The number of nitrogens with zero attached hydrogens (tertiary/aromatic N) is 6. The normalized spacial score (nSPS) is 19.3. The maximum Gasteiger partial charge on any atom is 0.167 e. The summed E-state index contributed by atoms with van der Waals surface area (Å²) in [4.78, 5) is 6.99. The van der Waals surface area contributed by atoms with E-state index in [1.807, 2.05) is 7.05 Å². The van der Waals surface area contributed by atoms with Gasteiger partial charge in [0, 0.05) is 20.6 Å². The quantitative estimate of drug-likeness (QED) is 0.865. The van der Waals surface area contributed by atoms with Crippen molar-refractivity contribution in [1.29, 1.82) is 0 Å². The summed E-state index contributed by atoms with van der Waals surface area (Å²) in [6.07, 6.45) is 4.37. The van der Waals surface area contributed by atoms with Crippen LogP contribution < -0.4 is 0 Å². The Balaban J connectivity index is 1.76. The van der Waals surface area contributed by atoms with E-state index in [0.29, 0.717) is 6.61 Å². The predicted molar refractivity (Wildman–Crippen MR) is 84.5 cm³/mol. The highest BCUT2D eigenvalue weighted by Crippen LogP contribution is 2.30. The Kier molecular flexibility index (Phi) is 5.02. The molecule has 0 amide bonds. The second-order valence-corrected chi connectivity index (χ2v) is 6.00. The number of ether oxygens (including phenoxy) is 1. The molecule has 126 valence electrons. The second kappa shape index (κ2) is 7.18. The van der Waals surface area contributed by atoms with Crippen LogP contribution in [0.4, 0.5) is 0 Å². The van der Waals surface area contributed by atoms with Crippen molar-refractivity contribution in [2.75, 3.05) is 13.7 Å². The fourth-order valence-electron chi connectivity index (χ4n) is 3.16. The summed E-state index contributed by atoms with van der Waals surface area (Å²) in [6.45, 7) is 4.38. The molecule has 1 saturated heterocycles. The molecule has 1 atom stereocenters. The molecule has 1 N–H and O–H groups in total. The fraction of sp³-hybridized carbons (Fsp3) is 0.733. The molecule has 2 aromatic rings. The Morgan fingerprint density at radius 2 is 2.09 bits per heavy atom. The van der Waals surface area contributed by atoms with Gasteiger partial charge in [0.2, 0.25) is 0 Å². The zero-order valence-electron chi connectivity index (χ0n) is 14.1. The first kappa shape index (κ1) is 16.1. The standard InChI is InChI=1S/C15H25N7O/c1-4-13-18-19-14(21(13)2)9-22-8-6-5-7-11(22)15-16-12(10-23-3)17-20-15/h11H,4-10H2,1-3H3,(H,16,17,20)/t11-/m0/s1. The second-order valence-electron chi connectivity index (χ2n) is 6.00. The maximum atomic E-state index is 5.11. The average Bonchev–Trinajstić information content (AvgIpc) is 3.16. The minimum absolute atomic E-state index is 0.229. The SMILES string of the molecule is CCc1nnc(CN2CCCC[C@H]2c2n[nH]c(COC)n2)n1C. The summed E-state index contributed by atoms with van der Waals surface area (Å²) < 4.78 is 7.21. The van der Waals surface area contributed by atoms with Crippen LogP contribution >= 0.6 is 0 Å². The molecule has 3 heterocycles. The Morgan fingerprint density at radius 1 is 1.26 bits per heavy atom. The number of rotatable bonds is 6. The van der Waals surface area contributed by atoms with Gasteiger partial charge >= 0.3 is 0 Å². The van der Waals surface area contributed by atoms with E-state index in [2.05, 4.69) is 41.8 Å². The first-order valence-corrected chi connectivity index (χ1v) is 8.24. The van der Waals surface area contributed by atoms with Crippen molar-refractivity contribution in [1.82, 2.24) is 34.8 Å². The van der Waals surface area contributed by atoms with Gasteiger partial charge in [0.05, 0.1) is 12.6 Å². The maximum absolute atomic E-state index is 5.11. The summed E-state index contributed by atoms with van der Waals surface area (Å²) >= 11 is 0. The molecule has 0 radical (unpaired) electrons. The van der Waals surface area contributed by atoms with Crippen LogP contribution in [0.25, 0.3) is 0 Å². The molecule has 0 spiro atoms. The lowest BCUT2D eigenvalue weighted by Gasteiger charge is -2.33. The van der Waals surface area contributed by atoms with Gasteiger partial charge in [-0.3, -0.25) is 10.00 Å². The van der Waals surface area contributed by atoms with E-state index in [-0.39, 0.29) is 6.04 Å². The number of hydrogen-bond donors (Lipinski definition) is 1. The third kappa shape index (κ3) is 3.42. The van der Waals surface area contributed by atoms with Gasteiger partial charge in [0.25, 0.3) is 0 Å². The zero-order valence-corrected chi connectivity index (χ0v) is 14.1. The van der Waals surface area contributed by atoms with E-state index in [9.17, 15) is 0 Å². The molecule has 1 aliphatic heterocycles. The number of piperidine rings is 1. The minimum atomic E-state index is 0.229. The molecular weight excluding hydrogens is 294 g/mol. The number of aromatic nitrogens is 6. The molecule has 3 rings (SSSR count). The highest BCUT2D eigenvalue weighted by molar-refractivity contribution is 5.01. The molecule has 0 bridgehead atoms. The lowest BCUT2D eigenvalue weighted by Crippen LogP contribution is -2.34. The summed E-state index contributed by atoms with van der Waals surface area (Å²) in [5.74, 6) is 3.66. The molecule has 0 unspecified atom stereocenters. The number of aromatic amines is 1. The molecule has 8 heteroatoms. The highest BCUT2D eigenvalue weighted by atomic mass is 16.5. The first-order valence-electron chi connectivity index (χ1n) is 8.24. The minimum Gasteiger partial charge on any atom is -0.377 e. The zero-order chi connectivity index (χ0) is 16.2. The molecule has 1 aliphatic rings. The molecule has 23 heavy (non-hydrogen) atoms. The highest BCUT2D eigenvalue weighted by Gasteiger charge is 2.28. The molecule has 2 aromatic heterocycles. The summed E-state index contributed by atoms with van der Waals surface area (Å²) in [5.41, 5.74) is 0. The molecule has 8 nitrogen and oxygen atoms in total. The summed E-state index contributed by atoms with van der Waals surface area (Å²) in [7, 11) is 3.70. The fourth-order valence-corrected chi connectivity index (χ4v) is 3.16. The summed E-state index contributed by atoms with van der Waals surface area (Å²) in [5, 5.41) is 16.0. The Morgan fingerprint density at radius 3 is 2.83 bits per heavy atom. The van der Waals surface area contributed by atoms with Gasteiger partial charge in [-0.25, -0.2) is 4.98 Å². The van der Waals surface area contributed by atoms with Gasteiger partial charge < -0.3 is 9.30 Å². The van der Waals surface area contributed by atoms with Crippen LogP contribution in [0.5, 0.6) is 0 Å². The largest absolute Gasteiger partial charge is 0.377 e. The number of aryl methyl sites for hydroxylation is 1. The number of methoxy groups -OCH3 is 1. The number of nitrogens with one attached hydrogen (secondary N) is 1. The average molecular weight is 319 g/mol. The van der Waals surface area contributed by atoms with Crippen molar-refractivity contribution in [2.45, 2.75) is 51.8 Å². The van der Waals surface area contributed by atoms with Crippen molar-refractivity contribution in [3.05, 3.63) is 23.3 Å². The number of hydrogen-bond acceptors (Lipinski definition) is 6. The van der Waals surface area contributed by atoms with Gasteiger partial charge in [-0.05, 0) is 19.4 Å². The lowest BCUT2D eigenvalue weighted by molar-refractivity contribution is 0.129. The van der Waals surface area contributed by atoms with Crippen LogP contribution in [0.3, 0.4) is 0 Å². The predicted octanol–water partition coefficient (Wildman–Crippen LogP) is 1.37. The number of H-pyrrole nitrogens is 1. The Hall–Kier alpha value is -1.80. The van der Waals surface area contributed by atoms with Crippen LogP contribution in [-0.2, 0) is 31.4 Å². The monoisotopic (exact) mass is 319 g/mol. The number of likely N-dealkylation sites (tertiary alicyclic amines) is 1. The van der Waals surface area contributed by atoms with Crippen molar-refractivity contribution >= 4 is 0 Å². The lowest BCUT2D eigenvalue weighted by atomic mass is 10.0. The topological polar surface area (TPSA) is 84.8 Å².